The van der Waals surface area contributed by atoms with Gasteiger partial charge in [-0.3, -0.25) is 4.79 Å². The second-order valence-electron chi connectivity index (χ2n) is 11.4. The molecule has 11 nitrogen and oxygen atoms in total. The van der Waals surface area contributed by atoms with Gasteiger partial charge in [-0.15, -0.1) is 0 Å². The summed E-state index contributed by atoms with van der Waals surface area (Å²) in [6, 6.07) is 2.30. The van der Waals surface area contributed by atoms with E-state index in [1.54, 1.807) is 9.80 Å². The Morgan fingerprint density at radius 3 is 2.21 bits per heavy atom. The minimum Gasteiger partial charge on any atom is -0.460 e. The third kappa shape index (κ3) is 6.96. The van der Waals surface area contributed by atoms with Crippen molar-refractivity contribution < 1.29 is 32.2 Å². The molecule has 43 heavy (non-hydrogen) atoms. The number of likely N-dealkylation sites (N-methyl/N-ethyl adjacent to an activating group) is 1. The molecule has 230 valence electrons. The van der Waals surface area contributed by atoms with E-state index in [1.165, 1.54) is 31.0 Å². The van der Waals surface area contributed by atoms with Crippen molar-refractivity contribution in [3.63, 3.8) is 0 Å². The number of aromatic nitrogens is 3. The molecule has 3 heterocycles. The Morgan fingerprint density at radius 1 is 1.12 bits per heavy atom. The van der Waals surface area contributed by atoms with Crippen molar-refractivity contribution in [1.29, 1.82) is 5.26 Å². The molecular formula is C28H32F3N7O4S. The first-order valence-electron chi connectivity index (χ1n) is 13.7. The molecule has 2 fully saturated rings. The Labute approximate surface area is 252 Å². The quantitative estimate of drug-likeness (QED) is 0.396. The van der Waals surface area contributed by atoms with E-state index in [9.17, 15) is 22.8 Å². The number of nitrogens with zero attached hydrogens (tertiary/aromatic N) is 7. The lowest BCUT2D eigenvalue weighted by Crippen LogP contribution is -2.63. The Bertz CT molecular complexity index is 1400. The van der Waals surface area contributed by atoms with Crippen LogP contribution in [0.5, 0.6) is 6.01 Å². The molecule has 0 atom stereocenters. The number of hydrogen-bond donors (Lipinski definition) is 0. The van der Waals surface area contributed by atoms with Gasteiger partial charge in [0.25, 0.3) is 5.91 Å². The van der Waals surface area contributed by atoms with Crippen LogP contribution in [0.1, 0.15) is 64.1 Å². The molecule has 0 unspecified atom stereocenters. The molecule has 15 heteroatoms. The summed E-state index contributed by atoms with van der Waals surface area (Å²) in [5, 5.41) is 9.05. The van der Waals surface area contributed by atoms with Crippen molar-refractivity contribution in [3.8, 4) is 12.1 Å². The van der Waals surface area contributed by atoms with E-state index in [0.29, 0.717) is 50.9 Å². The summed E-state index contributed by atoms with van der Waals surface area (Å²) < 4.78 is 51.9. The smallest absolute Gasteiger partial charge is 0.419 e. The highest BCUT2D eigenvalue weighted by molar-refractivity contribution is 7.79. The van der Waals surface area contributed by atoms with Crippen LogP contribution in [0.2, 0.25) is 0 Å². The van der Waals surface area contributed by atoms with Crippen LogP contribution in [0.4, 0.5) is 29.3 Å². The highest BCUT2D eigenvalue weighted by atomic mass is 32.1. The summed E-state index contributed by atoms with van der Waals surface area (Å²) in [6.45, 7) is 6.37. The SMILES string of the molecule is CN(C(=O)C1(N(C=S)c2cnc(OC3CCN(C(=O)OC(C)(C)C)CC3)nc2)CCC1)c1cnc(C#N)c(C(F)(F)F)c1. The highest BCUT2D eigenvalue weighted by Crippen LogP contribution is 2.42. The first kappa shape index (κ1) is 31.9. The van der Waals surface area contributed by atoms with E-state index in [4.69, 9.17) is 27.0 Å². The van der Waals surface area contributed by atoms with E-state index >= 15 is 0 Å². The predicted molar refractivity (Wildman–Crippen MR) is 154 cm³/mol. The van der Waals surface area contributed by atoms with E-state index in [-0.39, 0.29) is 23.9 Å². The van der Waals surface area contributed by atoms with Crippen LogP contribution in [-0.4, -0.2) is 74.7 Å². The Hall–Kier alpha value is -4.06. The van der Waals surface area contributed by atoms with E-state index in [0.717, 1.165) is 17.2 Å². The average molecular weight is 620 g/mol. The summed E-state index contributed by atoms with van der Waals surface area (Å²) >= 11 is 5.26. The van der Waals surface area contributed by atoms with Gasteiger partial charge in [-0.25, -0.2) is 19.7 Å². The molecule has 4 rings (SSSR count). The second-order valence-corrected chi connectivity index (χ2v) is 11.6. The van der Waals surface area contributed by atoms with Crippen molar-refractivity contribution in [3.05, 3.63) is 35.9 Å². The molecule has 0 N–H and O–H groups in total. The number of alkyl halides is 3. The molecule has 2 aromatic heterocycles. The van der Waals surface area contributed by atoms with E-state index in [2.05, 4.69) is 15.0 Å². The minimum atomic E-state index is -4.82. The van der Waals surface area contributed by atoms with Gasteiger partial charge in [-0.2, -0.15) is 18.4 Å². The molecule has 0 radical (unpaired) electrons. The van der Waals surface area contributed by atoms with Crippen molar-refractivity contribution in [2.24, 2.45) is 0 Å². The number of piperidine rings is 1. The number of anilines is 2. The molecular weight excluding hydrogens is 587 g/mol. The predicted octanol–water partition coefficient (Wildman–Crippen LogP) is 4.89. The van der Waals surface area contributed by atoms with E-state index < -0.39 is 34.5 Å². The number of hydrogen-bond acceptors (Lipinski definition) is 9. The lowest BCUT2D eigenvalue weighted by Gasteiger charge is -2.49. The molecule has 2 amide bonds. The summed E-state index contributed by atoms with van der Waals surface area (Å²) in [7, 11) is 1.36. The van der Waals surface area contributed by atoms with Gasteiger partial charge in [-0.05, 0) is 46.1 Å². The van der Waals surface area contributed by atoms with Crippen molar-refractivity contribution in [2.75, 3.05) is 29.9 Å². The zero-order valence-corrected chi connectivity index (χ0v) is 25.0. The average Bonchev–Trinajstić information content (AvgIpc) is 2.93. The van der Waals surface area contributed by atoms with Gasteiger partial charge in [0.1, 0.15) is 23.3 Å². The van der Waals surface area contributed by atoms with E-state index in [1.807, 2.05) is 20.8 Å². The maximum atomic E-state index is 13.8. The zero-order chi connectivity index (χ0) is 31.6. The van der Waals surface area contributed by atoms with Gasteiger partial charge in [0.15, 0.2) is 5.69 Å². The number of thiocarbonyl (C=S) groups is 1. The number of nitriles is 1. The zero-order valence-electron chi connectivity index (χ0n) is 24.2. The number of rotatable bonds is 7. The van der Waals surface area contributed by atoms with Gasteiger partial charge in [0.05, 0.1) is 41.0 Å². The van der Waals surface area contributed by atoms with Gasteiger partial charge >= 0.3 is 18.3 Å². The third-order valence-electron chi connectivity index (χ3n) is 7.38. The Kier molecular flexibility index (Phi) is 9.10. The van der Waals surface area contributed by atoms with Crippen LogP contribution < -0.4 is 14.5 Å². The topological polar surface area (TPSA) is 125 Å². The van der Waals surface area contributed by atoms with Crippen molar-refractivity contribution in [1.82, 2.24) is 19.9 Å². The minimum absolute atomic E-state index is 0.107. The molecule has 1 saturated carbocycles. The first-order chi connectivity index (χ1) is 20.2. The number of carbonyl (C=O) groups is 2. The number of pyridine rings is 1. The van der Waals surface area contributed by atoms with Crippen molar-refractivity contribution >= 4 is 41.1 Å². The normalized spacial score (nSPS) is 16.8. The fraction of sp³-hybridized carbons (Fsp3) is 0.536. The molecule has 0 aromatic carbocycles. The van der Waals surface area contributed by atoms with Crippen LogP contribution in [0, 0.1) is 11.3 Å². The lowest BCUT2D eigenvalue weighted by atomic mass is 9.74. The monoisotopic (exact) mass is 619 g/mol. The van der Waals surface area contributed by atoms with Crippen LogP contribution in [-0.2, 0) is 15.7 Å². The molecule has 2 aliphatic rings. The first-order valence-corrected chi connectivity index (χ1v) is 14.1. The molecule has 1 aliphatic carbocycles. The summed E-state index contributed by atoms with van der Waals surface area (Å²) in [6.07, 6.45) is 1.25. The standard InChI is InChI=1S/C28H32F3N7O4S/c1-26(2,3)42-25(40)37-10-6-20(7-11-37)41-24-34-15-19(16-35-24)38(17-43)27(8-5-9-27)23(39)36(4)18-12-21(28(29,30)31)22(13-32)33-14-18/h12,14-17,20H,5-11H2,1-4H3. The molecule has 2 aromatic rings. The fourth-order valence-electron chi connectivity index (χ4n) is 4.98. The Morgan fingerprint density at radius 2 is 1.72 bits per heavy atom. The third-order valence-corrected chi connectivity index (χ3v) is 7.59. The molecule has 0 spiro atoms. The lowest BCUT2D eigenvalue weighted by molar-refractivity contribution is -0.138. The van der Waals surface area contributed by atoms with Gasteiger partial charge < -0.3 is 24.2 Å². The maximum absolute atomic E-state index is 13.8. The summed E-state index contributed by atoms with van der Waals surface area (Å²) in [5.74, 6) is -0.489. The number of carbonyl (C=O) groups excluding carboxylic acids is 2. The number of likely N-dealkylation sites (tertiary alicyclic amines) is 1. The van der Waals surface area contributed by atoms with Crippen molar-refractivity contribution in [2.45, 2.75) is 76.3 Å². The van der Waals surface area contributed by atoms with Gasteiger partial charge in [0.2, 0.25) is 0 Å². The van der Waals surface area contributed by atoms with Crippen LogP contribution >= 0.6 is 12.2 Å². The number of ether oxygens (including phenoxy) is 2. The highest BCUT2D eigenvalue weighted by Gasteiger charge is 2.51. The Balaban J connectivity index is 1.45. The molecule has 0 bridgehead atoms. The maximum Gasteiger partial charge on any atom is 0.419 e. The van der Waals surface area contributed by atoms with Gasteiger partial charge in [0, 0.05) is 33.0 Å². The van der Waals surface area contributed by atoms with Gasteiger partial charge in [-0.1, -0.05) is 12.2 Å². The summed E-state index contributed by atoms with van der Waals surface area (Å²) in [4.78, 5) is 42.6. The van der Waals surface area contributed by atoms with Crippen LogP contribution in [0.25, 0.3) is 0 Å². The van der Waals surface area contributed by atoms with Crippen LogP contribution in [0.3, 0.4) is 0 Å². The number of amides is 2. The molecule has 1 saturated heterocycles. The van der Waals surface area contributed by atoms with Crippen LogP contribution in [0.15, 0.2) is 24.7 Å². The number of halogens is 3. The fourth-order valence-corrected chi connectivity index (χ4v) is 5.30. The largest absolute Gasteiger partial charge is 0.460 e. The summed E-state index contributed by atoms with van der Waals surface area (Å²) in [5.41, 5.74) is -2.13. The molecule has 1 aliphatic heterocycles. The second kappa shape index (κ2) is 12.3.